The zero-order valence-corrected chi connectivity index (χ0v) is 12.5. The summed E-state index contributed by atoms with van der Waals surface area (Å²) in [6.45, 7) is 0.322. The lowest BCUT2D eigenvalue weighted by Crippen LogP contribution is -2.63. The van der Waals surface area contributed by atoms with Crippen LogP contribution in [0.2, 0.25) is 0 Å². The standard InChI is InChI=1S/C13H24O10/c1-4-7(16)11(6(3-15)21-12(4)20)23-13-10(19)9(18)8(17)5(2-14)22-13/h4-20H,2-3H2,1H3/t4?,5?,6?,7-,8-,9+,10?,11-,12?,13+/m1/s1. The first-order valence-electron chi connectivity index (χ1n) is 7.40. The van der Waals surface area contributed by atoms with Gasteiger partial charge in [-0.15, -0.1) is 0 Å². The lowest BCUT2D eigenvalue weighted by Gasteiger charge is -2.45. The molecule has 2 aliphatic heterocycles. The van der Waals surface area contributed by atoms with E-state index in [1.807, 2.05) is 0 Å². The predicted octanol–water partition coefficient (Wildman–Crippen LogP) is -4.12. The molecule has 0 aromatic carbocycles. The van der Waals surface area contributed by atoms with Gasteiger partial charge in [0.2, 0.25) is 0 Å². The third-order valence-corrected chi connectivity index (χ3v) is 4.33. The SMILES string of the molecule is CC1C(O)OC(CO)[C@@H](O[C@@H]2OC(CO)[C@@H](O)[C@H](O)C2O)[C@@H]1O. The van der Waals surface area contributed by atoms with Crippen LogP contribution in [-0.2, 0) is 14.2 Å². The van der Waals surface area contributed by atoms with Gasteiger partial charge >= 0.3 is 0 Å². The summed E-state index contributed by atoms with van der Waals surface area (Å²) in [6, 6.07) is 0. The molecule has 2 saturated heterocycles. The number of ether oxygens (including phenoxy) is 3. The molecule has 0 saturated carbocycles. The van der Waals surface area contributed by atoms with Gasteiger partial charge < -0.3 is 50.0 Å². The van der Waals surface area contributed by atoms with Crippen LogP contribution in [0.3, 0.4) is 0 Å². The van der Waals surface area contributed by atoms with Gasteiger partial charge in [0, 0.05) is 5.92 Å². The number of hydrogen-bond donors (Lipinski definition) is 7. The molecule has 5 unspecified atom stereocenters. The van der Waals surface area contributed by atoms with Crippen molar-refractivity contribution >= 4 is 0 Å². The molecule has 0 aromatic heterocycles. The van der Waals surface area contributed by atoms with Crippen LogP contribution in [0.15, 0.2) is 0 Å². The highest BCUT2D eigenvalue weighted by molar-refractivity contribution is 4.92. The molecule has 7 N–H and O–H groups in total. The molecule has 0 aliphatic carbocycles. The van der Waals surface area contributed by atoms with E-state index in [0.29, 0.717) is 0 Å². The fourth-order valence-electron chi connectivity index (χ4n) is 2.72. The topological polar surface area (TPSA) is 169 Å². The zero-order chi connectivity index (χ0) is 17.3. The Morgan fingerprint density at radius 1 is 0.783 bits per heavy atom. The summed E-state index contributed by atoms with van der Waals surface area (Å²) < 4.78 is 15.8. The fourth-order valence-corrected chi connectivity index (χ4v) is 2.72. The van der Waals surface area contributed by atoms with Gasteiger partial charge in [0.05, 0.1) is 19.3 Å². The average molecular weight is 340 g/mol. The van der Waals surface area contributed by atoms with Crippen molar-refractivity contribution in [3.05, 3.63) is 0 Å². The summed E-state index contributed by atoms with van der Waals surface area (Å²) in [6.07, 6.45) is -12.2. The molecule has 2 aliphatic rings. The number of hydrogen-bond acceptors (Lipinski definition) is 10. The number of rotatable bonds is 4. The Labute approximate surface area is 132 Å². The largest absolute Gasteiger partial charge is 0.394 e. The zero-order valence-electron chi connectivity index (χ0n) is 12.5. The van der Waals surface area contributed by atoms with E-state index < -0.39 is 74.4 Å². The maximum Gasteiger partial charge on any atom is 0.187 e. The normalized spacial score (nSPS) is 51.7. The number of aliphatic hydroxyl groups excluding tert-OH is 7. The summed E-state index contributed by atoms with van der Waals surface area (Å²) in [7, 11) is 0. The van der Waals surface area contributed by atoms with Crippen molar-refractivity contribution in [2.45, 2.75) is 62.2 Å². The van der Waals surface area contributed by atoms with E-state index in [9.17, 15) is 30.6 Å². The van der Waals surface area contributed by atoms with Crippen molar-refractivity contribution in [2.24, 2.45) is 5.92 Å². The first kappa shape index (κ1) is 18.9. The average Bonchev–Trinajstić information content (AvgIpc) is 2.55. The van der Waals surface area contributed by atoms with Gasteiger partial charge in [0.1, 0.15) is 36.6 Å². The van der Waals surface area contributed by atoms with Crippen molar-refractivity contribution in [3.63, 3.8) is 0 Å². The monoisotopic (exact) mass is 340 g/mol. The van der Waals surface area contributed by atoms with Crippen LogP contribution in [-0.4, -0.2) is 104 Å². The quantitative estimate of drug-likeness (QED) is 0.267. The molecule has 2 fully saturated rings. The Balaban J connectivity index is 2.11. The smallest absolute Gasteiger partial charge is 0.187 e. The van der Waals surface area contributed by atoms with E-state index in [2.05, 4.69) is 0 Å². The van der Waals surface area contributed by atoms with Crippen LogP contribution in [0, 0.1) is 5.92 Å². The van der Waals surface area contributed by atoms with E-state index in [4.69, 9.17) is 19.3 Å². The Hall–Kier alpha value is -0.400. The molecule has 0 spiro atoms. The van der Waals surface area contributed by atoms with Crippen molar-refractivity contribution in [1.82, 2.24) is 0 Å². The lowest BCUT2D eigenvalue weighted by atomic mass is 9.92. The molecule has 0 bridgehead atoms. The Morgan fingerprint density at radius 3 is 1.96 bits per heavy atom. The molecule has 10 nitrogen and oxygen atoms in total. The number of aliphatic hydroxyl groups is 7. The minimum absolute atomic E-state index is 0.567. The van der Waals surface area contributed by atoms with Gasteiger partial charge in [-0.25, -0.2) is 0 Å². The molecule has 0 amide bonds. The van der Waals surface area contributed by atoms with Gasteiger partial charge in [0.15, 0.2) is 12.6 Å². The van der Waals surface area contributed by atoms with Crippen LogP contribution < -0.4 is 0 Å². The maximum absolute atomic E-state index is 10.2. The van der Waals surface area contributed by atoms with Gasteiger partial charge in [0.25, 0.3) is 0 Å². The van der Waals surface area contributed by atoms with Gasteiger partial charge in [-0.3, -0.25) is 0 Å². The minimum Gasteiger partial charge on any atom is -0.394 e. The third-order valence-electron chi connectivity index (χ3n) is 4.33. The van der Waals surface area contributed by atoms with Gasteiger partial charge in [-0.1, -0.05) is 6.92 Å². The molecule has 10 heteroatoms. The van der Waals surface area contributed by atoms with Crippen molar-refractivity contribution in [1.29, 1.82) is 0 Å². The minimum atomic E-state index is -1.64. The molecule has 0 radical (unpaired) electrons. The first-order chi connectivity index (χ1) is 10.8. The summed E-state index contributed by atoms with van der Waals surface area (Å²) in [5, 5.41) is 67.7. The maximum atomic E-state index is 10.2. The Kier molecular flexibility index (Phi) is 6.30. The van der Waals surface area contributed by atoms with Gasteiger partial charge in [-0.2, -0.15) is 0 Å². The first-order valence-corrected chi connectivity index (χ1v) is 7.40. The molecule has 10 atom stereocenters. The van der Waals surface area contributed by atoms with Gasteiger partial charge in [-0.05, 0) is 0 Å². The summed E-state index contributed by atoms with van der Waals surface area (Å²) in [4.78, 5) is 0. The van der Waals surface area contributed by atoms with Crippen LogP contribution >= 0.6 is 0 Å². The van der Waals surface area contributed by atoms with E-state index in [1.165, 1.54) is 6.92 Å². The summed E-state index contributed by atoms with van der Waals surface area (Å²) in [5.41, 5.74) is 0. The second-order valence-electron chi connectivity index (χ2n) is 5.90. The van der Waals surface area contributed by atoms with Crippen LogP contribution in [0.5, 0.6) is 0 Å². The van der Waals surface area contributed by atoms with E-state index >= 15 is 0 Å². The van der Waals surface area contributed by atoms with Crippen molar-refractivity contribution < 1.29 is 50.0 Å². The molecular formula is C13H24O10. The van der Waals surface area contributed by atoms with Crippen molar-refractivity contribution in [3.8, 4) is 0 Å². The molecule has 2 heterocycles. The molecule has 2 rings (SSSR count). The van der Waals surface area contributed by atoms with E-state index in [1.54, 1.807) is 0 Å². The molecule has 0 aromatic rings. The molecule has 23 heavy (non-hydrogen) atoms. The van der Waals surface area contributed by atoms with Crippen LogP contribution in [0.25, 0.3) is 0 Å². The third kappa shape index (κ3) is 3.66. The highest BCUT2D eigenvalue weighted by atomic mass is 16.7. The van der Waals surface area contributed by atoms with Crippen LogP contribution in [0.4, 0.5) is 0 Å². The van der Waals surface area contributed by atoms with Crippen LogP contribution in [0.1, 0.15) is 6.92 Å². The predicted molar refractivity (Wildman–Crippen MR) is 71.8 cm³/mol. The summed E-state index contributed by atoms with van der Waals surface area (Å²) in [5.74, 6) is -0.729. The second-order valence-corrected chi connectivity index (χ2v) is 5.90. The summed E-state index contributed by atoms with van der Waals surface area (Å²) >= 11 is 0. The van der Waals surface area contributed by atoms with E-state index in [-0.39, 0.29) is 0 Å². The fraction of sp³-hybridized carbons (Fsp3) is 1.00. The van der Waals surface area contributed by atoms with E-state index in [0.717, 1.165) is 0 Å². The van der Waals surface area contributed by atoms with Crippen molar-refractivity contribution in [2.75, 3.05) is 13.2 Å². The second kappa shape index (κ2) is 7.66. The lowest BCUT2D eigenvalue weighted by molar-refractivity contribution is -0.349. The Morgan fingerprint density at radius 2 is 1.39 bits per heavy atom. The molecular weight excluding hydrogens is 316 g/mol. The highest BCUT2D eigenvalue weighted by Gasteiger charge is 2.49. The molecule has 136 valence electrons. The Bertz CT molecular complexity index is 378. The highest BCUT2D eigenvalue weighted by Crippen LogP contribution is 2.30.